The molecule has 0 bridgehead atoms. The Morgan fingerprint density at radius 2 is 1.96 bits per heavy atom. The third-order valence-electron chi connectivity index (χ3n) is 4.64. The minimum atomic E-state index is -0.406. The highest BCUT2D eigenvalue weighted by molar-refractivity contribution is 7.99. The molecule has 1 aromatic rings. The maximum atomic E-state index is 12.9. The van der Waals surface area contributed by atoms with Crippen LogP contribution in [0.2, 0.25) is 0 Å². The number of rotatable bonds is 3. The van der Waals surface area contributed by atoms with Gasteiger partial charge in [-0.1, -0.05) is 30.3 Å². The van der Waals surface area contributed by atoms with Gasteiger partial charge in [-0.15, -0.1) is 11.8 Å². The molecule has 0 radical (unpaired) electrons. The number of hydrogen-bond donors (Lipinski definition) is 0. The molecule has 0 aromatic heterocycles. The number of carbonyl (C=O) groups is 2. The molecule has 1 atom stereocenters. The molecule has 6 nitrogen and oxygen atoms in total. The van der Waals surface area contributed by atoms with Crippen LogP contribution in [0.15, 0.2) is 30.3 Å². The summed E-state index contributed by atoms with van der Waals surface area (Å²) in [7, 11) is 2.08. The number of thioether (sulfide) groups is 1. The van der Waals surface area contributed by atoms with E-state index in [0.717, 1.165) is 38.2 Å². The van der Waals surface area contributed by atoms with Crippen LogP contribution in [0, 0.1) is 0 Å². The molecule has 2 fully saturated rings. The average molecular weight is 363 g/mol. The maximum absolute atomic E-state index is 12.9. The fraction of sp³-hybridized carbons (Fsp3) is 0.556. The van der Waals surface area contributed by atoms with Gasteiger partial charge in [-0.2, -0.15) is 0 Å². The van der Waals surface area contributed by atoms with Gasteiger partial charge < -0.3 is 14.5 Å². The number of benzene rings is 1. The van der Waals surface area contributed by atoms with E-state index in [2.05, 4.69) is 11.9 Å². The van der Waals surface area contributed by atoms with Crippen LogP contribution in [-0.4, -0.2) is 77.6 Å². The van der Waals surface area contributed by atoms with Gasteiger partial charge in [0.15, 0.2) is 0 Å². The molecule has 0 unspecified atom stereocenters. The molecule has 0 N–H and O–H groups in total. The van der Waals surface area contributed by atoms with E-state index >= 15 is 0 Å². The second kappa shape index (κ2) is 8.58. The predicted molar refractivity (Wildman–Crippen MR) is 98.3 cm³/mol. The van der Waals surface area contributed by atoms with Gasteiger partial charge in [0.2, 0.25) is 5.91 Å². The van der Waals surface area contributed by atoms with Gasteiger partial charge in [0.25, 0.3) is 0 Å². The Balaban J connectivity index is 1.57. The van der Waals surface area contributed by atoms with Gasteiger partial charge in [0.05, 0.1) is 5.88 Å². The van der Waals surface area contributed by atoms with E-state index in [-0.39, 0.29) is 12.5 Å². The Hall–Kier alpha value is -1.73. The molecule has 136 valence electrons. The minimum absolute atomic E-state index is 0.0527. The Morgan fingerprint density at radius 1 is 1.16 bits per heavy atom. The molecule has 25 heavy (non-hydrogen) atoms. The first-order valence-corrected chi connectivity index (χ1v) is 9.83. The Labute approximate surface area is 153 Å². The Bertz CT molecular complexity index is 598. The topological polar surface area (TPSA) is 53.1 Å². The van der Waals surface area contributed by atoms with E-state index in [4.69, 9.17) is 4.74 Å². The van der Waals surface area contributed by atoms with Crippen LogP contribution in [0.25, 0.3) is 0 Å². The lowest BCUT2D eigenvalue weighted by Gasteiger charge is -2.28. The highest BCUT2D eigenvalue weighted by atomic mass is 32.2. The van der Waals surface area contributed by atoms with Crippen LogP contribution in [0.3, 0.4) is 0 Å². The first-order valence-electron chi connectivity index (χ1n) is 8.67. The summed E-state index contributed by atoms with van der Waals surface area (Å²) < 4.78 is 5.42. The molecule has 0 saturated carbocycles. The van der Waals surface area contributed by atoms with Crippen LogP contribution in [-0.2, 0) is 16.1 Å². The summed E-state index contributed by atoms with van der Waals surface area (Å²) in [5, 5.41) is 0. The number of hydrogen-bond acceptors (Lipinski definition) is 5. The number of carbonyl (C=O) groups excluding carboxylic acids is 2. The van der Waals surface area contributed by atoms with Gasteiger partial charge in [0, 0.05) is 25.4 Å². The first-order chi connectivity index (χ1) is 12.1. The zero-order valence-corrected chi connectivity index (χ0v) is 15.4. The van der Waals surface area contributed by atoms with Crippen LogP contribution in [0.4, 0.5) is 4.79 Å². The van der Waals surface area contributed by atoms with Crippen LogP contribution in [0.5, 0.6) is 0 Å². The van der Waals surface area contributed by atoms with Crippen LogP contribution in [0.1, 0.15) is 12.0 Å². The zero-order valence-electron chi connectivity index (χ0n) is 14.6. The van der Waals surface area contributed by atoms with Gasteiger partial charge in [-0.05, 0) is 25.6 Å². The monoisotopic (exact) mass is 363 g/mol. The molecule has 2 heterocycles. The molecule has 2 saturated heterocycles. The summed E-state index contributed by atoms with van der Waals surface area (Å²) in [6.07, 6.45) is 0.569. The van der Waals surface area contributed by atoms with E-state index in [1.54, 1.807) is 16.7 Å². The molecule has 0 spiro atoms. The van der Waals surface area contributed by atoms with Crippen molar-refractivity contribution in [2.45, 2.75) is 19.1 Å². The maximum Gasteiger partial charge on any atom is 0.411 e. The van der Waals surface area contributed by atoms with E-state index < -0.39 is 12.1 Å². The summed E-state index contributed by atoms with van der Waals surface area (Å²) in [5.41, 5.74) is 0.945. The van der Waals surface area contributed by atoms with E-state index in [1.807, 2.05) is 35.2 Å². The Morgan fingerprint density at radius 3 is 2.76 bits per heavy atom. The molecule has 2 amide bonds. The summed E-state index contributed by atoms with van der Waals surface area (Å²) in [4.78, 5) is 31.1. The lowest BCUT2D eigenvalue weighted by atomic mass is 10.2. The standard InChI is InChI=1S/C18H25N3O3S/c1-19-8-5-9-20(11-10-19)17(22)16-13-25-14-21(16)18(23)24-12-15-6-3-2-4-7-15/h2-4,6-7,16H,5,8-14H2,1H3/t16-/m0/s1. The predicted octanol–water partition coefficient (Wildman–Crippen LogP) is 1.86. The van der Waals surface area contributed by atoms with E-state index in [1.165, 1.54) is 0 Å². The third kappa shape index (κ3) is 4.67. The van der Waals surface area contributed by atoms with Gasteiger partial charge in [-0.25, -0.2) is 4.79 Å². The Kier molecular flexibility index (Phi) is 6.20. The van der Waals surface area contributed by atoms with Crippen LogP contribution >= 0.6 is 11.8 Å². The molecular weight excluding hydrogens is 338 g/mol. The van der Waals surface area contributed by atoms with Crippen molar-refractivity contribution in [2.75, 3.05) is 44.9 Å². The molecular formula is C18H25N3O3S. The molecule has 1 aromatic carbocycles. The van der Waals surface area contributed by atoms with Crippen LogP contribution < -0.4 is 0 Å². The molecule has 0 aliphatic carbocycles. The summed E-state index contributed by atoms with van der Waals surface area (Å²) in [6, 6.07) is 9.19. The second-order valence-electron chi connectivity index (χ2n) is 6.51. The molecule has 2 aliphatic rings. The molecule has 3 rings (SSSR count). The van der Waals surface area contributed by atoms with Crippen molar-refractivity contribution in [1.82, 2.24) is 14.7 Å². The minimum Gasteiger partial charge on any atom is -0.445 e. The summed E-state index contributed by atoms with van der Waals surface area (Å²) in [6.45, 7) is 3.60. The first kappa shape index (κ1) is 18.1. The van der Waals surface area contributed by atoms with Gasteiger partial charge in [-0.3, -0.25) is 9.69 Å². The molecule has 7 heteroatoms. The normalized spacial score (nSPS) is 21.9. The van der Waals surface area contributed by atoms with Crippen molar-refractivity contribution >= 4 is 23.8 Å². The lowest BCUT2D eigenvalue weighted by molar-refractivity contribution is -0.135. The van der Waals surface area contributed by atoms with Crippen molar-refractivity contribution in [2.24, 2.45) is 0 Å². The van der Waals surface area contributed by atoms with E-state index in [0.29, 0.717) is 11.6 Å². The largest absolute Gasteiger partial charge is 0.445 e. The van der Waals surface area contributed by atoms with Crippen molar-refractivity contribution in [1.29, 1.82) is 0 Å². The fourth-order valence-electron chi connectivity index (χ4n) is 3.11. The van der Waals surface area contributed by atoms with Crippen molar-refractivity contribution < 1.29 is 14.3 Å². The van der Waals surface area contributed by atoms with Gasteiger partial charge >= 0.3 is 6.09 Å². The van der Waals surface area contributed by atoms with Crippen molar-refractivity contribution in [3.05, 3.63) is 35.9 Å². The third-order valence-corrected chi connectivity index (χ3v) is 5.65. The quantitative estimate of drug-likeness (QED) is 0.821. The smallest absolute Gasteiger partial charge is 0.411 e. The van der Waals surface area contributed by atoms with Gasteiger partial charge in [0.1, 0.15) is 12.6 Å². The highest BCUT2D eigenvalue weighted by Crippen LogP contribution is 2.24. The number of amides is 2. The highest BCUT2D eigenvalue weighted by Gasteiger charge is 2.38. The van der Waals surface area contributed by atoms with E-state index in [9.17, 15) is 9.59 Å². The zero-order chi connectivity index (χ0) is 17.6. The number of nitrogens with zero attached hydrogens (tertiary/aromatic N) is 3. The lowest BCUT2D eigenvalue weighted by Crippen LogP contribution is -2.49. The fourth-order valence-corrected chi connectivity index (χ4v) is 4.24. The van der Waals surface area contributed by atoms with Crippen molar-refractivity contribution in [3.8, 4) is 0 Å². The second-order valence-corrected chi connectivity index (χ2v) is 7.51. The SMILES string of the molecule is CN1CCCN(C(=O)[C@@H]2CSCN2C(=O)OCc2ccccc2)CC1. The molecule has 2 aliphatic heterocycles. The summed E-state index contributed by atoms with van der Waals surface area (Å²) in [5.74, 6) is 1.21. The summed E-state index contributed by atoms with van der Waals surface area (Å²) >= 11 is 1.61. The van der Waals surface area contributed by atoms with Crippen molar-refractivity contribution in [3.63, 3.8) is 0 Å². The number of likely N-dealkylation sites (N-methyl/N-ethyl adjacent to an activating group) is 1. The number of ether oxygens (including phenoxy) is 1. The average Bonchev–Trinajstić information content (AvgIpc) is 3.02.